The second kappa shape index (κ2) is 6.05. The van der Waals surface area contributed by atoms with Crippen LogP contribution in [-0.2, 0) is 6.54 Å². The Morgan fingerprint density at radius 3 is 3.00 bits per heavy atom. The fourth-order valence-electron chi connectivity index (χ4n) is 1.71. The van der Waals surface area contributed by atoms with Crippen LogP contribution in [0.25, 0.3) is 0 Å². The molecule has 2 rings (SSSR count). The highest BCUT2D eigenvalue weighted by Gasteiger charge is 2.18. The van der Waals surface area contributed by atoms with Gasteiger partial charge in [-0.15, -0.1) is 5.10 Å². The van der Waals surface area contributed by atoms with Gasteiger partial charge in [0, 0.05) is 18.0 Å². The first-order chi connectivity index (χ1) is 8.94. The molecule has 7 heteroatoms. The summed E-state index contributed by atoms with van der Waals surface area (Å²) in [5.74, 6) is 0.846. The van der Waals surface area contributed by atoms with Gasteiger partial charge in [-0.1, -0.05) is 25.4 Å². The Morgan fingerprint density at radius 2 is 2.37 bits per heavy atom. The summed E-state index contributed by atoms with van der Waals surface area (Å²) >= 11 is 9.02. The van der Waals surface area contributed by atoms with Gasteiger partial charge in [-0.3, -0.25) is 0 Å². The third kappa shape index (κ3) is 4.04. The Bertz CT molecular complexity index is 527. The molecule has 1 unspecified atom stereocenters. The van der Waals surface area contributed by atoms with Gasteiger partial charge in [0.15, 0.2) is 0 Å². The third-order valence-electron chi connectivity index (χ3n) is 2.41. The summed E-state index contributed by atoms with van der Waals surface area (Å²) in [5.41, 5.74) is 0. The van der Waals surface area contributed by atoms with Crippen molar-refractivity contribution < 1.29 is 9.13 Å². The number of ether oxygens (including phenoxy) is 1. The molecule has 1 atom stereocenters. The Labute approximate surface area is 124 Å². The van der Waals surface area contributed by atoms with Crippen molar-refractivity contribution in [1.82, 2.24) is 14.8 Å². The zero-order valence-corrected chi connectivity index (χ0v) is 12.9. The molecular weight excluding hydrogens is 337 g/mol. The molecule has 1 heterocycles. The lowest BCUT2D eigenvalue weighted by atomic mass is 10.1. The van der Waals surface area contributed by atoms with Gasteiger partial charge in [0.05, 0.1) is 0 Å². The number of halogens is 3. The number of rotatable bonds is 4. The monoisotopic (exact) mass is 349 g/mol. The second-order valence-electron chi connectivity index (χ2n) is 4.72. The first-order valence-electron chi connectivity index (χ1n) is 5.94. The van der Waals surface area contributed by atoms with Crippen LogP contribution in [0.2, 0.25) is 0 Å². The van der Waals surface area contributed by atoms with Crippen molar-refractivity contribution in [3.8, 4) is 6.01 Å². The van der Waals surface area contributed by atoms with E-state index in [1.54, 1.807) is 10.8 Å². The largest absolute Gasteiger partial charge is 0.429 e. The van der Waals surface area contributed by atoms with Crippen LogP contribution >= 0.6 is 27.5 Å². The number of alkyl halides is 1. The Hall–Kier alpha value is -0.880. The summed E-state index contributed by atoms with van der Waals surface area (Å²) in [6.45, 7) is 4.80. The quantitative estimate of drug-likeness (QED) is 0.828. The molecule has 0 saturated heterocycles. The molecule has 0 N–H and O–H groups in total. The Balaban J connectivity index is 2.17. The average Bonchev–Trinajstić information content (AvgIpc) is 2.56. The van der Waals surface area contributed by atoms with Crippen LogP contribution in [0.1, 0.15) is 20.3 Å². The van der Waals surface area contributed by atoms with E-state index in [1.165, 1.54) is 6.08 Å². The fraction of sp³-hybridized carbons (Fsp3) is 0.500. The molecule has 0 bridgehead atoms. The summed E-state index contributed by atoms with van der Waals surface area (Å²) in [6, 6.07) is 0.338. The standard InChI is InChI=1S/C12H14BrClFN3O/c1-7(2)6-18-12(16-11(13)17-18)19-10-4-8(14)3-9(15)5-10/h3-4,7,9H,5-6H2,1-2H3. The smallest absolute Gasteiger partial charge is 0.321 e. The minimum atomic E-state index is -1.13. The SMILES string of the molecule is CC(C)Cn1nc(Br)nc1OC1=CC(Cl)=CC(F)C1. The fourth-order valence-corrected chi connectivity index (χ4v) is 2.32. The van der Waals surface area contributed by atoms with E-state index in [0.717, 1.165) is 0 Å². The molecule has 1 aromatic rings. The van der Waals surface area contributed by atoms with Gasteiger partial charge in [0.2, 0.25) is 4.73 Å². The molecule has 19 heavy (non-hydrogen) atoms. The summed E-state index contributed by atoms with van der Waals surface area (Å²) < 4.78 is 21.1. The van der Waals surface area contributed by atoms with Crippen LogP contribution in [0.3, 0.4) is 0 Å². The summed E-state index contributed by atoms with van der Waals surface area (Å²) in [6.07, 6.45) is 1.98. The molecular formula is C12H14BrClFN3O. The molecule has 0 aliphatic heterocycles. The predicted octanol–water partition coefficient (Wildman–Crippen LogP) is 3.82. The van der Waals surface area contributed by atoms with Gasteiger partial charge in [0.1, 0.15) is 11.9 Å². The minimum Gasteiger partial charge on any atom is -0.429 e. The van der Waals surface area contributed by atoms with Crippen LogP contribution in [0.15, 0.2) is 27.7 Å². The molecule has 0 aromatic carbocycles. The lowest BCUT2D eigenvalue weighted by Gasteiger charge is -2.15. The zero-order chi connectivity index (χ0) is 14.0. The highest BCUT2D eigenvalue weighted by molar-refractivity contribution is 9.10. The van der Waals surface area contributed by atoms with Crippen molar-refractivity contribution in [3.05, 3.63) is 27.7 Å². The molecule has 0 fully saturated rings. The molecule has 1 aliphatic carbocycles. The number of allylic oxidation sites excluding steroid dienone is 4. The van der Waals surface area contributed by atoms with E-state index in [4.69, 9.17) is 16.3 Å². The number of hydrogen-bond acceptors (Lipinski definition) is 3. The highest BCUT2D eigenvalue weighted by Crippen LogP contribution is 2.25. The lowest BCUT2D eigenvalue weighted by molar-refractivity contribution is 0.292. The van der Waals surface area contributed by atoms with Gasteiger partial charge in [0.25, 0.3) is 0 Å². The van der Waals surface area contributed by atoms with Crippen molar-refractivity contribution >= 4 is 27.5 Å². The van der Waals surface area contributed by atoms with Crippen molar-refractivity contribution in [2.45, 2.75) is 33.0 Å². The van der Waals surface area contributed by atoms with Crippen molar-refractivity contribution in [3.63, 3.8) is 0 Å². The van der Waals surface area contributed by atoms with E-state index < -0.39 is 6.17 Å². The first-order valence-corrected chi connectivity index (χ1v) is 7.11. The van der Waals surface area contributed by atoms with Crippen molar-refractivity contribution in [2.24, 2.45) is 5.92 Å². The van der Waals surface area contributed by atoms with Gasteiger partial charge < -0.3 is 4.74 Å². The van der Waals surface area contributed by atoms with Crippen molar-refractivity contribution in [1.29, 1.82) is 0 Å². The number of aromatic nitrogens is 3. The third-order valence-corrected chi connectivity index (χ3v) is 2.98. The Morgan fingerprint density at radius 1 is 1.63 bits per heavy atom. The van der Waals surface area contributed by atoms with Gasteiger partial charge in [-0.25, -0.2) is 9.07 Å². The van der Waals surface area contributed by atoms with E-state index in [1.807, 2.05) is 0 Å². The highest BCUT2D eigenvalue weighted by atomic mass is 79.9. The first kappa shape index (κ1) is 14.5. The second-order valence-corrected chi connectivity index (χ2v) is 5.87. The van der Waals surface area contributed by atoms with Crippen LogP contribution in [0.5, 0.6) is 6.01 Å². The van der Waals surface area contributed by atoms with Crippen molar-refractivity contribution in [2.75, 3.05) is 0 Å². The molecule has 1 aromatic heterocycles. The molecule has 4 nitrogen and oxygen atoms in total. The van der Waals surface area contributed by atoms with Gasteiger partial charge >= 0.3 is 6.01 Å². The molecule has 104 valence electrons. The van der Waals surface area contributed by atoms with E-state index in [9.17, 15) is 4.39 Å². The van der Waals surface area contributed by atoms with Crippen LogP contribution in [0, 0.1) is 5.92 Å². The summed E-state index contributed by atoms with van der Waals surface area (Å²) in [4.78, 5) is 4.13. The van der Waals surface area contributed by atoms with E-state index >= 15 is 0 Å². The normalized spacial score (nSPS) is 19.4. The molecule has 0 amide bonds. The predicted molar refractivity (Wildman–Crippen MR) is 74.7 cm³/mol. The lowest BCUT2D eigenvalue weighted by Crippen LogP contribution is -2.13. The van der Waals surface area contributed by atoms with E-state index in [0.29, 0.717) is 34.0 Å². The van der Waals surface area contributed by atoms with Gasteiger partial charge in [-0.05, 0) is 34.0 Å². The van der Waals surface area contributed by atoms with Crippen LogP contribution in [-0.4, -0.2) is 20.9 Å². The Kier molecular flexibility index (Phi) is 4.62. The number of nitrogens with zero attached hydrogens (tertiary/aromatic N) is 3. The van der Waals surface area contributed by atoms with Gasteiger partial charge in [-0.2, -0.15) is 4.98 Å². The molecule has 0 radical (unpaired) electrons. The average molecular weight is 351 g/mol. The summed E-state index contributed by atoms with van der Waals surface area (Å²) in [7, 11) is 0. The van der Waals surface area contributed by atoms with Crippen LogP contribution < -0.4 is 4.74 Å². The van der Waals surface area contributed by atoms with E-state index in [-0.39, 0.29) is 6.42 Å². The maximum atomic E-state index is 13.4. The minimum absolute atomic E-state index is 0.155. The molecule has 0 saturated carbocycles. The van der Waals surface area contributed by atoms with E-state index in [2.05, 4.69) is 39.9 Å². The zero-order valence-electron chi connectivity index (χ0n) is 10.6. The van der Waals surface area contributed by atoms with Crippen LogP contribution in [0.4, 0.5) is 4.39 Å². The maximum absolute atomic E-state index is 13.4. The molecule has 1 aliphatic rings. The topological polar surface area (TPSA) is 39.9 Å². The maximum Gasteiger partial charge on any atom is 0.321 e. The number of hydrogen-bond donors (Lipinski definition) is 0. The molecule has 0 spiro atoms. The summed E-state index contributed by atoms with van der Waals surface area (Å²) in [5, 5.41) is 4.52.